The third kappa shape index (κ3) is 7.52. The Bertz CT molecular complexity index is 1100. The standard InChI is InChI=1S/C32H46N2O4/c1-8-9-12-25-20-23(16-19-28(25)38-32(5,6)29(35)36)11-10-13-27-22-34(30(37)33(27)7)21-24-14-17-26(18-15-24)31(2,3)4/h14-20,27H,8-13,21-22H2,1-7H3,(H,35,36)/t27-/m0/s1. The van der Waals surface area contributed by atoms with E-state index >= 15 is 0 Å². The molecule has 2 aromatic rings. The van der Waals surface area contributed by atoms with Crippen LogP contribution in [0.1, 0.15) is 89.5 Å². The molecule has 0 aromatic heterocycles. The van der Waals surface area contributed by atoms with Crippen LogP contribution >= 0.6 is 0 Å². The molecule has 0 unspecified atom stereocenters. The second kappa shape index (κ2) is 12.2. The Morgan fingerprint density at radius 3 is 2.26 bits per heavy atom. The number of aliphatic carboxylic acids is 1. The lowest BCUT2D eigenvalue weighted by Crippen LogP contribution is -2.38. The van der Waals surface area contributed by atoms with Crippen LogP contribution in [0, 0.1) is 0 Å². The molecule has 2 amide bonds. The molecule has 0 saturated carbocycles. The zero-order chi connectivity index (χ0) is 28.1. The van der Waals surface area contributed by atoms with Crippen LogP contribution < -0.4 is 4.74 Å². The maximum atomic E-state index is 12.9. The lowest BCUT2D eigenvalue weighted by molar-refractivity contribution is -0.152. The molecule has 6 heteroatoms. The van der Waals surface area contributed by atoms with E-state index in [9.17, 15) is 14.7 Å². The van der Waals surface area contributed by atoms with Crippen molar-refractivity contribution in [3.8, 4) is 5.75 Å². The van der Waals surface area contributed by atoms with E-state index in [4.69, 9.17) is 4.74 Å². The summed E-state index contributed by atoms with van der Waals surface area (Å²) in [7, 11) is 1.91. The summed E-state index contributed by atoms with van der Waals surface area (Å²) < 4.78 is 5.89. The Hall–Kier alpha value is -3.02. The maximum absolute atomic E-state index is 12.9. The minimum absolute atomic E-state index is 0.0966. The lowest BCUT2D eigenvalue weighted by atomic mass is 9.87. The molecule has 0 radical (unpaired) electrons. The number of likely N-dealkylation sites (N-methyl/N-ethyl adjacent to an activating group) is 1. The van der Waals surface area contributed by atoms with Gasteiger partial charge in [0.05, 0.1) is 6.04 Å². The molecule has 0 bridgehead atoms. The number of unbranched alkanes of at least 4 members (excludes halogenated alkanes) is 1. The van der Waals surface area contributed by atoms with Gasteiger partial charge in [-0.2, -0.15) is 0 Å². The normalized spacial score (nSPS) is 16.3. The number of hydrogen-bond acceptors (Lipinski definition) is 3. The van der Waals surface area contributed by atoms with E-state index in [1.54, 1.807) is 13.8 Å². The molecule has 3 rings (SSSR count). The summed E-state index contributed by atoms with van der Waals surface area (Å²) >= 11 is 0. The smallest absolute Gasteiger partial charge is 0.347 e. The van der Waals surface area contributed by atoms with Crippen LogP contribution in [-0.2, 0) is 29.6 Å². The van der Waals surface area contributed by atoms with Gasteiger partial charge in [-0.3, -0.25) is 0 Å². The van der Waals surface area contributed by atoms with E-state index in [0.717, 1.165) is 56.2 Å². The van der Waals surface area contributed by atoms with Crippen molar-refractivity contribution in [2.75, 3.05) is 13.6 Å². The Morgan fingerprint density at radius 2 is 1.66 bits per heavy atom. The molecule has 1 heterocycles. The number of carboxylic acids is 1. The van der Waals surface area contributed by atoms with E-state index in [1.165, 1.54) is 11.1 Å². The highest BCUT2D eigenvalue weighted by molar-refractivity contribution is 5.77. The van der Waals surface area contributed by atoms with Crippen LogP contribution in [0.3, 0.4) is 0 Å². The van der Waals surface area contributed by atoms with Crippen LogP contribution in [0.15, 0.2) is 42.5 Å². The van der Waals surface area contributed by atoms with Gasteiger partial charge in [-0.15, -0.1) is 0 Å². The first-order valence-corrected chi connectivity index (χ1v) is 14.0. The highest BCUT2D eigenvalue weighted by Crippen LogP contribution is 2.28. The fourth-order valence-corrected chi connectivity index (χ4v) is 4.89. The maximum Gasteiger partial charge on any atom is 0.347 e. The summed E-state index contributed by atoms with van der Waals surface area (Å²) in [6.07, 6.45) is 5.78. The number of hydrogen-bond donors (Lipinski definition) is 1. The summed E-state index contributed by atoms with van der Waals surface area (Å²) in [5, 5.41) is 9.47. The molecule has 2 aromatic carbocycles. The van der Waals surface area contributed by atoms with Crippen molar-refractivity contribution in [2.45, 2.75) is 104 Å². The van der Waals surface area contributed by atoms with Crippen LogP contribution in [0.4, 0.5) is 4.79 Å². The Labute approximate surface area is 229 Å². The molecule has 1 N–H and O–H groups in total. The molecule has 1 saturated heterocycles. The Kier molecular flexibility index (Phi) is 9.50. The fourth-order valence-electron chi connectivity index (χ4n) is 4.89. The molecule has 6 nitrogen and oxygen atoms in total. The number of nitrogens with zero attached hydrogens (tertiary/aromatic N) is 2. The zero-order valence-corrected chi connectivity index (χ0v) is 24.3. The monoisotopic (exact) mass is 522 g/mol. The van der Waals surface area contributed by atoms with Gasteiger partial charge in [-0.1, -0.05) is 70.5 Å². The highest BCUT2D eigenvalue weighted by Gasteiger charge is 2.34. The van der Waals surface area contributed by atoms with Gasteiger partial charge < -0.3 is 19.6 Å². The largest absolute Gasteiger partial charge is 0.478 e. The number of ether oxygens (including phenoxy) is 1. The van der Waals surface area contributed by atoms with Crippen molar-refractivity contribution in [2.24, 2.45) is 0 Å². The summed E-state index contributed by atoms with van der Waals surface area (Å²) in [4.78, 5) is 28.3. The van der Waals surface area contributed by atoms with Gasteiger partial charge in [0, 0.05) is 20.1 Å². The average molecular weight is 523 g/mol. The van der Waals surface area contributed by atoms with E-state index in [2.05, 4.69) is 58.0 Å². The van der Waals surface area contributed by atoms with Gasteiger partial charge in [-0.05, 0) is 79.7 Å². The third-order valence-electron chi connectivity index (χ3n) is 7.55. The summed E-state index contributed by atoms with van der Waals surface area (Å²) in [6.45, 7) is 13.3. The Balaban J connectivity index is 1.58. The van der Waals surface area contributed by atoms with Crippen molar-refractivity contribution < 1.29 is 19.4 Å². The SMILES string of the molecule is CCCCc1cc(CCC[C@H]2CN(Cc3ccc(C(C)(C)C)cc3)C(=O)N2C)ccc1OC(C)(C)C(=O)O. The van der Waals surface area contributed by atoms with Gasteiger partial charge in [0.1, 0.15) is 5.75 Å². The van der Waals surface area contributed by atoms with Gasteiger partial charge >= 0.3 is 12.0 Å². The second-order valence-corrected chi connectivity index (χ2v) is 12.2. The Morgan fingerprint density at radius 1 is 1.00 bits per heavy atom. The zero-order valence-electron chi connectivity index (χ0n) is 24.3. The summed E-state index contributed by atoms with van der Waals surface area (Å²) in [5.41, 5.74) is 3.59. The van der Waals surface area contributed by atoms with E-state index in [1.807, 2.05) is 29.0 Å². The number of urea groups is 1. The number of carbonyl (C=O) groups is 2. The first-order chi connectivity index (χ1) is 17.8. The van der Waals surface area contributed by atoms with Crippen molar-refractivity contribution in [3.05, 3.63) is 64.7 Å². The molecule has 1 fully saturated rings. The predicted molar refractivity (Wildman–Crippen MR) is 153 cm³/mol. The highest BCUT2D eigenvalue weighted by atomic mass is 16.5. The quantitative estimate of drug-likeness (QED) is 0.332. The number of carbonyl (C=O) groups excluding carboxylic acids is 1. The molecular weight excluding hydrogens is 476 g/mol. The molecule has 208 valence electrons. The predicted octanol–water partition coefficient (Wildman–Crippen LogP) is 6.83. The van der Waals surface area contributed by atoms with Crippen molar-refractivity contribution in [3.63, 3.8) is 0 Å². The summed E-state index contributed by atoms with van der Waals surface area (Å²) in [5.74, 6) is -0.323. The first kappa shape index (κ1) is 29.5. The van der Waals surface area contributed by atoms with E-state index < -0.39 is 11.6 Å². The molecule has 1 aliphatic rings. The van der Waals surface area contributed by atoms with Gasteiger partial charge in [0.2, 0.25) is 0 Å². The van der Waals surface area contributed by atoms with Crippen molar-refractivity contribution in [1.82, 2.24) is 9.80 Å². The molecule has 1 atom stereocenters. The van der Waals surface area contributed by atoms with Crippen LogP contribution in [-0.4, -0.2) is 52.1 Å². The van der Waals surface area contributed by atoms with E-state index in [-0.39, 0.29) is 17.5 Å². The number of carboxylic acid groups (broad SMARTS) is 1. The number of benzene rings is 2. The van der Waals surface area contributed by atoms with Crippen molar-refractivity contribution in [1.29, 1.82) is 0 Å². The molecule has 0 spiro atoms. The average Bonchev–Trinajstić information content (AvgIpc) is 3.11. The van der Waals surface area contributed by atoms with Gasteiger partial charge in [0.25, 0.3) is 0 Å². The van der Waals surface area contributed by atoms with Crippen LogP contribution in [0.5, 0.6) is 5.75 Å². The molecular formula is C32H46N2O4. The van der Waals surface area contributed by atoms with Crippen LogP contribution in [0.25, 0.3) is 0 Å². The van der Waals surface area contributed by atoms with Gasteiger partial charge in [-0.25, -0.2) is 9.59 Å². The molecule has 38 heavy (non-hydrogen) atoms. The number of rotatable bonds is 12. The molecule has 1 aliphatic heterocycles. The number of aryl methyl sites for hydroxylation is 2. The second-order valence-electron chi connectivity index (χ2n) is 12.2. The summed E-state index contributed by atoms with van der Waals surface area (Å²) in [6, 6.07) is 15.1. The topological polar surface area (TPSA) is 70.1 Å². The van der Waals surface area contributed by atoms with Crippen LogP contribution in [0.2, 0.25) is 0 Å². The minimum Gasteiger partial charge on any atom is -0.478 e. The lowest BCUT2D eigenvalue weighted by Gasteiger charge is -2.24. The fraction of sp³-hybridized carbons (Fsp3) is 0.562. The van der Waals surface area contributed by atoms with E-state index in [0.29, 0.717) is 12.3 Å². The van der Waals surface area contributed by atoms with Crippen molar-refractivity contribution >= 4 is 12.0 Å². The minimum atomic E-state index is -1.28. The molecule has 0 aliphatic carbocycles. The first-order valence-electron chi connectivity index (χ1n) is 14.0. The third-order valence-corrected chi connectivity index (χ3v) is 7.55. The van der Waals surface area contributed by atoms with Gasteiger partial charge in [0.15, 0.2) is 5.60 Å². The number of amides is 2.